The van der Waals surface area contributed by atoms with Gasteiger partial charge in [0.1, 0.15) is 5.75 Å². The molecule has 0 heterocycles. The van der Waals surface area contributed by atoms with Gasteiger partial charge in [-0.1, -0.05) is 6.07 Å². The van der Waals surface area contributed by atoms with E-state index in [-0.39, 0.29) is 6.04 Å². The summed E-state index contributed by atoms with van der Waals surface area (Å²) in [5.41, 5.74) is 4.99. The van der Waals surface area contributed by atoms with E-state index in [0.29, 0.717) is 19.8 Å². The summed E-state index contributed by atoms with van der Waals surface area (Å²) in [6, 6.07) is 5.86. The summed E-state index contributed by atoms with van der Waals surface area (Å²) >= 11 is 0. The molecule has 0 amide bonds. The number of benzene rings is 1. The van der Waals surface area contributed by atoms with E-state index in [2.05, 4.69) is 5.43 Å². The number of ether oxygens (including phenoxy) is 3. The Kier molecular flexibility index (Phi) is 6.67. The quantitative estimate of drug-likeness (QED) is 0.414. The van der Waals surface area contributed by atoms with Gasteiger partial charge in [-0.3, -0.25) is 11.3 Å². The maximum absolute atomic E-state index is 5.57. The van der Waals surface area contributed by atoms with E-state index in [9.17, 15) is 0 Å². The predicted molar refractivity (Wildman–Crippen MR) is 70.5 cm³/mol. The highest BCUT2D eigenvalue weighted by atomic mass is 16.5. The van der Waals surface area contributed by atoms with Crippen molar-refractivity contribution in [1.29, 1.82) is 0 Å². The van der Waals surface area contributed by atoms with Crippen molar-refractivity contribution in [2.24, 2.45) is 5.84 Å². The Morgan fingerprint density at radius 2 is 2.06 bits per heavy atom. The molecule has 3 N–H and O–H groups in total. The van der Waals surface area contributed by atoms with Crippen molar-refractivity contribution in [3.05, 3.63) is 29.3 Å². The number of hydrazine groups is 1. The van der Waals surface area contributed by atoms with Crippen molar-refractivity contribution >= 4 is 0 Å². The number of methoxy groups -OCH3 is 2. The predicted octanol–water partition coefficient (Wildman–Crippen LogP) is 1.17. The van der Waals surface area contributed by atoms with Crippen LogP contribution in [0.4, 0.5) is 0 Å². The van der Waals surface area contributed by atoms with Crippen LogP contribution >= 0.6 is 0 Å². The maximum atomic E-state index is 5.57. The zero-order valence-corrected chi connectivity index (χ0v) is 11.2. The molecular formula is C13H22N2O3. The molecule has 0 aliphatic heterocycles. The van der Waals surface area contributed by atoms with Crippen molar-refractivity contribution in [2.45, 2.75) is 13.0 Å². The monoisotopic (exact) mass is 254 g/mol. The average molecular weight is 254 g/mol. The number of hydrogen-bond acceptors (Lipinski definition) is 5. The summed E-state index contributed by atoms with van der Waals surface area (Å²) in [6.07, 6.45) is 0. The third-order valence-electron chi connectivity index (χ3n) is 2.77. The molecule has 5 nitrogen and oxygen atoms in total. The normalized spacial score (nSPS) is 12.4. The molecule has 0 saturated carbocycles. The lowest BCUT2D eigenvalue weighted by molar-refractivity contribution is 0.0585. The first-order chi connectivity index (χ1) is 8.72. The third-order valence-corrected chi connectivity index (χ3v) is 2.77. The molecule has 1 aromatic carbocycles. The van der Waals surface area contributed by atoms with Gasteiger partial charge >= 0.3 is 0 Å². The fourth-order valence-electron chi connectivity index (χ4n) is 1.74. The van der Waals surface area contributed by atoms with Crippen LogP contribution < -0.4 is 16.0 Å². The van der Waals surface area contributed by atoms with Crippen LogP contribution in [-0.4, -0.2) is 34.0 Å². The number of nitrogens with one attached hydrogen (secondary N) is 1. The average Bonchev–Trinajstić information content (AvgIpc) is 2.39. The first-order valence-electron chi connectivity index (χ1n) is 5.90. The standard InChI is InChI=1S/C13H22N2O3/c1-10-8-11(17-3)4-5-12(10)13(15-14)9-18-7-6-16-2/h4-5,8,13,15H,6-7,9,14H2,1-3H3. The van der Waals surface area contributed by atoms with Crippen LogP contribution in [0.5, 0.6) is 5.75 Å². The van der Waals surface area contributed by atoms with Crippen LogP contribution in [0.15, 0.2) is 18.2 Å². The second-order valence-electron chi connectivity index (χ2n) is 4.01. The highest BCUT2D eigenvalue weighted by Gasteiger charge is 2.12. The number of rotatable bonds is 8. The number of hydrogen-bond donors (Lipinski definition) is 2. The highest BCUT2D eigenvalue weighted by molar-refractivity contribution is 5.36. The summed E-state index contributed by atoms with van der Waals surface area (Å²) in [5, 5.41) is 0. The van der Waals surface area contributed by atoms with Gasteiger partial charge in [0, 0.05) is 7.11 Å². The minimum atomic E-state index is -0.0345. The summed E-state index contributed by atoms with van der Waals surface area (Å²) in [7, 11) is 3.30. The fourth-order valence-corrected chi connectivity index (χ4v) is 1.74. The molecule has 1 rings (SSSR count). The van der Waals surface area contributed by atoms with Crippen LogP contribution in [0.2, 0.25) is 0 Å². The molecule has 0 bridgehead atoms. The molecule has 0 aliphatic rings. The van der Waals surface area contributed by atoms with Gasteiger partial charge in [0.2, 0.25) is 0 Å². The molecule has 0 fully saturated rings. The topological polar surface area (TPSA) is 65.7 Å². The van der Waals surface area contributed by atoms with Crippen molar-refractivity contribution in [3.8, 4) is 5.75 Å². The molecule has 0 spiro atoms. The first-order valence-corrected chi connectivity index (χ1v) is 5.90. The summed E-state index contributed by atoms with van der Waals surface area (Å²) in [6.45, 7) is 3.67. The largest absolute Gasteiger partial charge is 0.497 e. The lowest BCUT2D eigenvalue weighted by atomic mass is 10.0. The summed E-state index contributed by atoms with van der Waals surface area (Å²) in [5.74, 6) is 6.41. The molecule has 102 valence electrons. The van der Waals surface area contributed by atoms with Gasteiger partial charge in [0.25, 0.3) is 0 Å². The van der Waals surface area contributed by atoms with Gasteiger partial charge in [0.15, 0.2) is 0 Å². The Morgan fingerprint density at radius 1 is 1.28 bits per heavy atom. The van der Waals surface area contributed by atoms with Gasteiger partial charge < -0.3 is 14.2 Å². The summed E-state index contributed by atoms with van der Waals surface area (Å²) in [4.78, 5) is 0. The molecule has 5 heteroatoms. The molecule has 18 heavy (non-hydrogen) atoms. The van der Waals surface area contributed by atoms with Crippen molar-refractivity contribution in [1.82, 2.24) is 5.43 Å². The minimum absolute atomic E-state index is 0.0345. The second kappa shape index (κ2) is 8.05. The zero-order valence-electron chi connectivity index (χ0n) is 11.2. The van der Waals surface area contributed by atoms with Gasteiger partial charge in [-0.15, -0.1) is 0 Å². The molecule has 1 atom stereocenters. The molecule has 0 radical (unpaired) electrons. The van der Waals surface area contributed by atoms with E-state index in [1.807, 2.05) is 25.1 Å². The number of nitrogens with two attached hydrogens (primary N) is 1. The smallest absolute Gasteiger partial charge is 0.119 e. The highest BCUT2D eigenvalue weighted by Crippen LogP contribution is 2.22. The van der Waals surface area contributed by atoms with Crippen molar-refractivity contribution < 1.29 is 14.2 Å². The lowest BCUT2D eigenvalue weighted by Gasteiger charge is -2.19. The molecule has 0 saturated heterocycles. The fraction of sp³-hybridized carbons (Fsp3) is 0.538. The van der Waals surface area contributed by atoms with Crippen molar-refractivity contribution in [3.63, 3.8) is 0 Å². The minimum Gasteiger partial charge on any atom is -0.497 e. The van der Waals surface area contributed by atoms with Gasteiger partial charge in [-0.05, 0) is 30.2 Å². The second-order valence-corrected chi connectivity index (χ2v) is 4.01. The van der Waals surface area contributed by atoms with Gasteiger partial charge in [-0.2, -0.15) is 0 Å². The van der Waals surface area contributed by atoms with E-state index in [0.717, 1.165) is 16.9 Å². The maximum Gasteiger partial charge on any atom is 0.119 e. The molecule has 0 aromatic heterocycles. The molecule has 1 unspecified atom stereocenters. The van der Waals surface area contributed by atoms with E-state index < -0.39 is 0 Å². The third kappa shape index (κ3) is 4.27. The SMILES string of the molecule is COCCOCC(NN)c1ccc(OC)cc1C. The molecule has 0 aliphatic carbocycles. The molecular weight excluding hydrogens is 232 g/mol. The summed E-state index contributed by atoms with van der Waals surface area (Å²) < 4.78 is 15.6. The Hall–Kier alpha value is -1.14. The van der Waals surface area contributed by atoms with Crippen LogP contribution in [0.3, 0.4) is 0 Å². The van der Waals surface area contributed by atoms with Crippen LogP contribution in [0.1, 0.15) is 17.2 Å². The Labute approximate surface area is 108 Å². The first kappa shape index (κ1) is 14.9. The van der Waals surface area contributed by atoms with E-state index in [1.54, 1.807) is 14.2 Å². The lowest BCUT2D eigenvalue weighted by Crippen LogP contribution is -2.32. The number of aryl methyl sites for hydroxylation is 1. The van der Waals surface area contributed by atoms with Gasteiger partial charge in [0.05, 0.1) is 33.0 Å². The van der Waals surface area contributed by atoms with Crippen molar-refractivity contribution in [2.75, 3.05) is 34.0 Å². The van der Waals surface area contributed by atoms with Crippen LogP contribution in [0.25, 0.3) is 0 Å². The van der Waals surface area contributed by atoms with E-state index >= 15 is 0 Å². The van der Waals surface area contributed by atoms with Crippen LogP contribution in [-0.2, 0) is 9.47 Å². The molecule has 1 aromatic rings. The zero-order chi connectivity index (χ0) is 13.4. The van der Waals surface area contributed by atoms with Gasteiger partial charge in [-0.25, -0.2) is 0 Å². The Bertz CT molecular complexity index is 358. The Morgan fingerprint density at radius 3 is 2.61 bits per heavy atom. The van der Waals surface area contributed by atoms with E-state index in [4.69, 9.17) is 20.1 Å². The van der Waals surface area contributed by atoms with Crippen LogP contribution in [0, 0.1) is 6.92 Å². The van der Waals surface area contributed by atoms with E-state index in [1.165, 1.54) is 0 Å². The Balaban J connectivity index is 2.63.